The van der Waals surface area contributed by atoms with Crippen molar-refractivity contribution in [1.29, 1.82) is 0 Å². The lowest BCUT2D eigenvalue weighted by molar-refractivity contribution is 0.318. The van der Waals surface area contributed by atoms with Crippen molar-refractivity contribution in [2.75, 3.05) is 0 Å². The van der Waals surface area contributed by atoms with Crippen LogP contribution in [0, 0.1) is 17.0 Å². The third-order valence-electron chi connectivity index (χ3n) is 2.31. The van der Waals surface area contributed by atoms with E-state index in [1.54, 1.807) is 0 Å². The number of rotatable bonds is 1. The van der Waals surface area contributed by atoms with Gasteiger partial charge in [0.15, 0.2) is 0 Å². The number of benzene rings is 1. The molecule has 0 spiro atoms. The van der Waals surface area contributed by atoms with Crippen LogP contribution in [0.5, 0.6) is 0 Å². The van der Waals surface area contributed by atoms with Gasteiger partial charge in [-0.3, -0.25) is 0 Å². The van der Waals surface area contributed by atoms with Crippen molar-refractivity contribution in [3.8, 4) is 0 Å². The second-order valence-electron chi connectivity index (χ2n) is 4.63. The summed E-state index contributed by atoms with van der Waals surface area (Å²) in [7, 11) is 0. The molecule has 1 unspecified atom stereocenters. The Kier molecular flexibility index (Phi) is 3.51. The van der Waals surface area contributed by atoms with E-state index in [1.807, 2.05) is 20.8 Å². The summed E-state index contributed by atoms with van der Waals surface area (Å²) < 4.78 is 26.9. The maximum atomic E-state index is 13.5. The van der Waals surface area contributed by atoms with Gasteiger partial charge in [0.2, 0.25) is 0 Å². The molecular weight excluding hydrogens is 264 g/mol. The molecule has 4 heteroatoms. The minimum atomic E-state index is -0.528. The first-order chi connectivity index (χ1) is 6.73. The van der Waals surface area contributed by atoms with Crippen LogP contribution in [0.2, 0.25) is 0 Å². The van der Waals surface area contributed by atoms with Gasteiger partial charge in [-0.05, 0) is 33.5 Å². The fraction of sp³-hybridized carbons (Fsp3) is 0.455. The van der Waals surface area contributed by atoms with Crippen molar-refractivity contribution in [3.05, 3.63) is 33.8 Å². The summed E-state index contributed by atoms with van der Waals surface area (Å²) in [5, 5.41) is 0. The highest BCUT2D eigenvalue weighted by molar-refractivity contribution is 9.10. The fourth-order valence-electron chi connectivity index (χ4n) is 1.24. The van der Waals surface area contributed by atoms with Crippen LogP contribution < -0.4 is 5.73 Å². The van der Waals surface area contributed by atoms with E-state index in [0.717, 1.165) is 12.1 Å². The second-order valence-corrected chi connectivity index (χ2v) is 5.49. The summed E-state index contributed by atoms with van der Waals surface area (Å²) in [6, 6.07) is 1.73. The molecule has 15 heavy (non-hydrogen) atoms. The van der Waals surface area contributed by atoms with Crippen molar-refractivity contribution in [3.63, 3.8) is 0 Å². The molecule has 2 N–H and O–H groups in total. The summed E-state index contributed by atoms with van der Waals surface area (Å²) in [4.78, 5) is 0. The van der Waals surface area contributed by atoms with Crippen LogP contribution in [0.15, 0.2) is 16.6 Å². The van der Waals surface area contributed by atoms with Gasteiger partial charge in [0.25, 0.3) is 0 Å². The van der Waals surface area contributed by atoms with Gasteiger partial charge in [0.05, 0.1) is 4.47 Å². The van der Waals surface area contributed by atoms with Gasteiger partial charge in [-0.15, -0.1) is 0 Å². The van der Waals surface area contributed by atoms with Crippen molar-refractivity contribution in [2.45, 2.75) is 26.8 Å². The summed E-state index contributed by atoms with van der Waals surface area (Å²) >= 11 is 2.92. The smallest absolute Gasteiger partial charge is 0.137 e. The number of nitrogens with two attached hydrogens (primary N) is 1. The molecule has 0 fully saturated rings. The Morgan fingerprint density at radius 1 is 1.20 bits per heavy atom. The summed E-state index contributed by atoms with van der Waals surface area (Å²) in [5.74, 6) is -0.975. The molecule has 1 atom stereocenters. The monoisotopic (exact) mass is 277 g/mol. The topological polar surface area (TPSA) is 26.0 Å². The van der Waals surface area contributed by atoms with Crippen LogP contribution >= 0.6 is 15.9 Å². The Bertz CT molecular complexity index is 372. The van der Waals surface area contributed by atoms with Crippen LogP contribution in [-0.4, -0.2) is 0 Å². The van der Waals surface area contributed by atoms with Crippen LogP contribution in [0.1, 0.15) is 32.4 Å². The van der Waals surface area contributed by atoms with Gasteiger partial charge < -0.3 is 5.73 Å². The first kappa shape index (κ1) is 12.6. The highest BCUT2D eigenvalue weighted by atomic mass is 79.9. The van der Waals surface area contributed by atoms with E-state index < -0.39 is 17.7 Å². The number of hydrogen-bond donors (Lipinski definition) is 1. The molecule has 0 bridgehead atoms. The molecule has 0 aliphatic rings. The molecule has 0 aliphatic carbocycles. The van der Waals surface area contributed by atoms with Crippen molar-refractivity contribution >= 4 is 15.9 Å². The molecule has 1 aromatic rings. The summed E-state index contributed by atoms with van der Waals surface area (Å²) in [6.45, 7) is 5.66. The first-order valence-corrected chi connectivity index (χ1v) is 5.43. The van der Waals surface area contributed by atoms with E-state index in [0.29, 0.717) is 0 Å². The van der Waals surface area contributed by atoms with E-state index in [-0.39, 0.29) is 15.5 Å². The zero-order chi connectivity index (χ0) is 11.8. The summed E-state index contributed by atoms with van der Waals surface area (Å²) in [5.41, 5.74) is 5.78. The van der Waals surface area contributed by atoms with E-state index in [4.69, 9.17) is 5.73 Å². The van der Waals surface area contributed by atoms with E-state index in [1.165, 1.54) is 0 Å². The molecule has 0 heterocycles. The molecule has 0 radical (unpaired) electrons. The lowest BCUT2D eigenvalue weighted by Gasteiger charge is -2.27. The van der Waals surface area contributed by atoms with Gasteiger partial charge in [-0.25, -0.2) is 8.78 Å². The molecular formula is C11H14BrF2N. The van der Waals surface area contributed by atoms with Crippen molar-refractivity contribution in [2.24, 2.45) is 11.1 Å². The molecule has 0 aliphatic heterocycles. The molecule has 84 valence electrons. The minimum absolute atomic E-state index is 0.116. The standard InChI is InChI=1S/C11H14BrF2N/c1-11(2,3)10(15)6-4-9(14)7(12)5-8(6)13/h4-5,10H,15H2,1-3H3. The van der Waals surface area contributed by atoms with Crippen LogP contribution in [-0.2, 0) is 0 Å². The molecule has 0 saturated carbocycles. The Balaban J connectivity index is 3.21. The van der Waals surface area contributed by atoms with Gasteiger partial charge in [-0.1, -0.05) is 20.8 Å². The molecule has 1 aromatic carbocycles. The first-order valence-electron chi connectivity index (χ1n) is 4.63. The van der Waals surface area contributed by atoms with Gasteiger partial charge >= 0.3 is 0 Å². The van der Waals surface area contributed by atoms with Crippen LogP contribution in [0.25, 0.3) is 0 Å². The van der Waals surface area contributed by atoms with Gasteiger partial charge in [-0.2, -0.15) is 0 Å². The number of hydrogen-bond acceptors (Lipinski definition) is 1. The highest BCUT2D eigenvalue weighted by Gasteiger charge is 2.25. The second kappa shape index (κ2) is 4.18. The predicted octanol–water partition coefficient (Wildman–Crippen LogP) is 3.77. The van der Waals surface area contributed by atoms with E-state index in [2.05, 4.69) is 15.9 Å². The maximum Gasteiger partial charge on any atom is 0.137 e. The highest BCUT2D eigenvalue weighted by Crippen LogP contribution is 2.33. The van der Waals surface area contributed by atoms with E-state index in [9.17, 15) is 8.78 Å². The molecule has 0 aromatic heterocycles. The maximum absolute atomic E-state index is 13.5. The Labute approximate surface area is 96.8 Å². The van der Waals surface area contributed by atoms with Gasteiger partial charge in [0.1, 0.15) is 11.6 Å². The quantitative estimate of drug-likeness (QED) is 0.777. The third kappa shape index (κ3) is 2.75. The fourth-order valence-corrected chi connectivity index (χ4v) is 1.56. The lowest BCUT2D eigenvalue weighted by atomic mass is 9.83. The van der Waals surface area contributed by atoms with Crippen LogP contribution in [0.3, 0.4) is 0 Å². The van der Waals surface area contributed by atoms with Gasteiger partial charge in [0, 0.05) is 11.6 Å². The summed E-state index contributed by atoms with van der Waals surface area (Å²) in [6.07, 6.45) is 0. The normalized spacial score (nSPS) is 14.1. The van der Waals surface area contributed by atoms with Crippen molar-refractivity contribution < 1.29 is 8.78 Å². The zero-order valence-corrected chi connectivity index (χ0v) is 10.5. The Hall–Kier alpha value is -0.480. The Morgan fingerprint density at radius 2 is 1.73 bits per heavy atom. The molecule has 0 amide bonds. The number of halogens is 3. The Morgan fingerprint density at radius 3 is 2.20 bits per heavy atom. The largest absolute Gasteiger partial charge is 0.323 e. The average molecular weight is 278 g/mol. The lowest BCUT2D eigenvalue weighted by Crippen LogP contribution is -2.27. The SMILES string of the molecule is CC(C)(C)C(N)c1cc(F)c(Br)cc1F. The van der Waals surface area contributed by atoms with Crippen molar-refractivity contribution in [1.82, 2.24) is 0 Å². The molecule has 1 nitrogen and oxygen atoms in total. The minimum Gasteiger partial charge on any atom is -0.323 e. The van der Waals surface area contributed by atoms with E-state index >= 15 is 0 Å². The van der Waals surface area contributed by atoms with Crippen LogP contribution in [0.4, 0.5) is 8.78 Å². The molecule has 1 rings (SSSR count). The average Bonchev–Trinajstić information content (AvgIpc) is 2.08. The molecule has 0 saturated heterocycles. The third-order valence-corrected chi connectivity index (χ3v) is 2.92. The zero-order valence-electron chi connectivity index (χ0n) is 8.94. The predicted molar refractivity (Wildman–Crippen MR) is 60.4 cm³/mol.